The summed E-state index contributed by atoms with van der Waals surface area (Å²) in [4.78, 5) is 41.8. The summed E-state index contributed by atoms with van der Waals surface area (Å²) in [7, 11) is 1.38. The van der Waals surface area contributed by atoms with Gasteiger partial charge >= 0.3 is 11.9 Å². The zero-order chi connectivity index (χ0) is 43.2. The highest BCUT2D eigenvalue weighted by atomic mass is 79.9. The third kappa shape index (κ3) is 5.49. The molecule has 3 heterocycles. The first kappa shape index (κ1) is 41.3. The molecule has 2 saturated carbocycles. The maximum absolute atomic E-state index is 15.4. The number of esters is 2. The van der Waals surface area contributed by atoms with Gasteiger partial charge in [-0.05, 0) is 144 Å². The van der Waals surface area contributed by atoms with Gasteiger partial charge < -0.3 is 23.9 Å². The van der Waals surface area contributed by atoms with E-state index >= 15 is 4.79 Å². The number of carbonyl (C=O) groups excluding carboxylic acids is 3. The molecule has 1 aromatic heterocycles. The molecule has 9 atom stereocenters. The molecule has 0 bridgehead atoms. The number of aliphatic hydroxyl groups is 1. The maximum atomic E-state index is 15.4. The SMILES string of the molecule is C=C(C)[C@H]1C(=O)c2c3c(cc4c5c(n1c24)[C@@]1(C)[C@@H](CC[C@H]2[C@](C)(/C=C/C=C(\C)C(=O)OC)[C@@H](O)CC[C@@]21C)C5)C1=CC(C)(C)OC(C)(C)[C@H]1[C@@H]3OC(=O)c1ccc(Br)cc1. The van der Waals surface area contributed by atoms with Crippen LogP contribution in [0, 0.1) is 28.6 Å². The number of aromatic nitrogens is 1. The number of Topliss-reactive ketones (excluding diaryl/α,β-unsaturated/α-hetero) is 1. The Kier molecular flexibility index (Phi) is 9.28. The van der Waals surface area contributed by atoms with Crippen molar-refractivity contribution < 1.29 is 33.7 Å². The minimum atomic E-state index is -0.761. The van der Waals surface area contributed by atoms with Crippen LogP contribution in [0.1, 0.15) is 143 Å². The van der Waals surface area contributed by atoms with Gasteiger partial charge in [0.25, 0.3) is 0 Å². The molecule has 9 heteroatoms. The van der Waals surface area contributed by atoms with Crippen molar-refractivity contribution in [2.24, 2.45) is 28.6 Å². The van der Waals surface area contributed by atoms with Crippen LogP contribution >= 0.6 is 15.9 Å². The molecule has 0 saturated heterocycles. The summed E-state index contributed by atoms with van der Waals surface area (Å²) in [5.74, 6) is -0.705. The van der Waals surface area contributed by atoms with Gasteiger partial charge in [-0.15, -0.1) is 0 Å². The molecule has 9 rings (SSSR count). The van der Waals surface area contributed by atoms with Gasteiger partial charge in [-0.1, -0.05) is 67.1 Å². The summed E-state index contributed by atoms with van der Waals surface area (Å²) in [6.45, 7) is 23.5. The highest BCUT2D eigenvalue weighted by Crippen LogP contribution is 2.72. The lowest BCUT2D eigenvalue weighted by atomic mass is 9.40. The minimum Gasteiger partial charge on any atom is -0.466 e. The molecular formula is C51H58BrNO7. The zero-order valence-corrected chi connectivity index (χ0v) is 38.2. The molecule has 1 N–H and O–H groups in total. The summed E-state index contributed by atoms with van der Waals surface area (Å²) >= 11 is 3.49. The van der Waals surface area contributed by atoms with Crippen molar-refractivity contribution >= 4 is 50.1 Å². The highest BCUT2D eigenvalue weighted by molar-refractivity contribution is 9.10. The Labute approximate surface area is 362 Å². The summed E-state index contributed by atoms with van der Waals surface area (Å²) < 4.78 is 21.6. The number of aliphatic hydroxyl groups excluding tert-OH is 1. The number of nitrogens with zero attached hydrogens (tertiary/aromatic N) is 1. The van der Waals surface area contributed by atoms with Gasteiger partial charge in [-0.2, -0.15) is 0 Å². The van der Waals surface area contributed by atoms with Gasteiger partial charge in [0.1, 0.15) is 12.1 Å². The lowest BCUT2D eigenvalue weighted by molar-refractivity contribution is -0.144. The van der Waals surface area contributed by atoms with Crippen LogP contribution in [0.15, 0.2) is 76.8 Å². The van der Waals surface area contributed by atoms with E-state index < -0.39 is 40.8 Å². The fourth-order valence-corrected chi connectivity index (χ4v) is 13.9. The Morgan fingerprint density at radius 3 is 2.40 bits per heavy atom. The van der Waals surface area contributed by atoms with E-state index in [-0.39, 0.29) is 34.4 Å². The van der Waals surface area contributed by atoms with E-state index in [2.05, 4.69) is 93.8 Å². The normalized spacial score (nSPS) is 34.4. The average Bonchev–Trinajstić information content (AvgIpc) is 3.85. The first-order valence-electron chi connectivity index (χ1n) is 21.6. The van der Waals surface area contributed by atoms with Crippen LogP contribution in [-0.2, 0) is 30.8 Å². The molecule has 6 aliphatic rings. The number of rotatable bonds is 6. The number of ketones is 1. The quantitative estimate of drug-likeness (QED) is 0.114. The minimum absolute atomic E-state index is 0.00626. The van der Waals surface area contributed by atoms with Crippen molar-refractivity contribution in [3.8, 4) is 0 Å². The Morgan fingerprint density at radius 2 is 1.73 bits per heavy atom. The number of fused-ring (bicyclic) bond motifs is 11. The number of benzene rings is 2. The second-order valence-corrected chi connectivity index (χ2v) is 21.3. The molecule has 2 fully saturated rings. The molecule has 316 valence electrons. The number of ether oxygens (including phenoxy) is 3. The fourth-order valence-electron chi connectivity index (χ4n) is 13.6. The molecule has 3 aromatic rings. The van der Waals surface area contributed by atoms with Crippen molar-refractivity contribution in [3.63, 3.8) is 0 Å². The Bertz CT molecular complexity index is 2520. The van der Waals surface area contributed by atoms with E-state index in [1.807, 2.05) is 25.1 Å². The van der Waals surface area contributed by atoms with E-state index in [9.17, 15) is 14.7 Å². The van der Waals surface area contributed by atoms with Crippen LogP contribution in [0.4, 0.5) is 0 Å². The van der Waals surface area contributed by atoms with E-state index in [4.69, 9.17) is 14.2 Å². The molecule has 0 spiro atoms. The van der Waals surface area contributed by atoms with Crippen molar-refractivity contribution in [1.82, 2.24) is 4.57 Å². The van der Waals surface area contributed by atoms with Gasteiger partial charge in [0.05, 0.1) is 47.0 Å². The van der Waals surface area contributed by atoms with Crippen LogP contribution in [0.5, 0.6) is 0 Å². The van der Waals surface area contributed by atoms with Crippen LogP contribution in [0.2, 0.25) is 0 Å². The third-order valence-corrected chi connectivity index (χ3v) is 16.7. The van der Waals surface area contributed by atoms with Crippen molar-refractivity contribution in [3.05, 3.63) is 110 Å². The van der Waals surface area contributed by atoms with Gasteiger partial charge in [-0.25, -0.2) is 9.59 Å². The monoisotopic (exact) mass is 875 g/mol. The molecular weight excluding hydrogens is 818 g/mol. The maximum Gasteiger partial charge on any atom is 0.338 e. The van der Waals surface area contributed by atoms with E-state index in [1.165, 1.54) is 18.4 Å². The lowest BCUT2D eigenvalue weighted by Gasteiger charge is -2.64. The first-order chi connectivity index (χ1) is 28.1. The van der Waals surface area contributed by atoms with Gasteiger partial charge in [0.15, 0.2) is 5.78 Å². The van der Waals surface area contributed by atoms with Crippen molar-refractivity contribution in [2.75, 3.05) is 7.11 Å². The van der Waals surface area contributed by atoms with E-state index in [1.54, 1.807) is 25.1 Å². The molecule has 8 nitrogen and oxygen atoms in total. The number of halogens is 1. The average molecular weight is 877 g/mol. The summed E-state index contributed by atoms with van der Waals surface area (Å²) in [6.07, 6.45) is 11.0. The second kappa shape index (κ2) is 13.5. The molecule has 2 aromatic carbocycles. The molecule has 2 aliphatic heterocycles. The number of hydrogen-bond donors (Lipinski definition) is 1. The number of allylic oxidation sites excluding steroid dienone is 3. The number of hydrogen-bond acceptors (Lipinski definition) is 7. The molecule has 0 radical (unpaired) electrons. The van der Waals surface area contributed by atoms with Crippen LogP contribution < -0.4 is 0 Å². The van der Waals surface area contributed by atoms with Crippen molar-refractivity contribution in [2.45, 2.75) is 129 Å². The van der Waals surface area contributed by atoms with Gasteiger partial charge in [-0.3, -0.25) is 4.79 Å². The summed E-state index contributed by atoms with van der Waals surface area (Å²) in [5, 5.41) is 13.0. The summed E-state index contributed by atoms with van der Waals surface area (Å²) in [6, 6.07) is 8.88. The van der Waals surface area contributed by atoms with Crippen molar-refractivity contribution in [1.29, 1.82) is 0 Å². The largest absolute Gasteiger partial charge is 0.466 e. The standard InChI is InChI=1S/C51H58BrNO7/c1-26(2)40-42(55)38-37-31(34-25-47(4,5)60-48(6,7)39(34)43(37)59-46(57)28-14-17-30(52)18-15-28)24-32-33-23-29-16-19-35-49(8,21-12-13-27(3)45(56)58-11)36(54)20-22-50(35,9)51(29,10)44(33)53(40)41(32)38/h12-15,17-18,21,24-25,29,35-36,39-40,43,54H,1,16,19-20,22-23H2,2-11H3/b21-12+,27-13+/t29-,35-,36-,39+,40-,43+,49-,50-,51+/m0/s1. The second-order valence-electron chi connectivity index (χ2n) is 20.4. The Morgan fingerprint density at radius 1 is 1.03 bits per heavy atom. The summed E-state index contributed by atoms with van der Waals surface area (Å²) in [5.41, 5.74) is 6.14. The highest BCUT2D eigenvalue weighted by Gasteiger charge is 2.68. The number of methoxy groups -OCH3 is 1. The molecule has 0 unspecified atom stereocenters. The van der Waals surface area contributed by atoms with E-state index in [0.29, 0.717) is 29.0 Å². The van der Waals surface area contributed by atoms with Gasteiger partial charge in [0.2, 0.25) is 0 Å². The fraction of sp³-hybridized carbons (Fsp3) is 0.510. The molecule has 60 heavy (non-hydrogen) atoms. The third-order valence-electron chi connectivity index (χ3n) is 16.2. The van der Waals surface area contributed by atoms with Crippen LogP contribution in [-0.4, -0.2) is 51.8 Å². The predicted octanol–water partition coefficient (Wildman–Crippen LogP) is 10.9. The Balaban J connectivity index is 1.26. The van der Waals surface area contributed by atoms with Gasteiger partial charge in [0, 0.05) is 37.5 Å². The predicted molar refractivity (Wildman–Crippen MR) is 237 cm³/mol. The van der Waals surface area contributed by atoms with Crippen LogP contribution in [0.25, 0.3) is 16.5 Å². The lowest BCUT2D eigenvalue weighted by Crippen LogP contribution is -2.62. The topological polar surface area (TPSA) is 104 Å². The molecule has 4 aliphatic carbocycles. The first-order valence-corrected chi connectivity index (χ1v) is 22.4. The van der Waals surface area contributed by atoms with E-state index in [0.717, 1.165) is 63.3 Å². The van der Waals surface area contributed by atoms with Crippen LogP contribution in [0.3, 0.4) is 0 Å². The number of carbonyl (C=O) groups is 3. The smallest absolute Gasteiger partial charge is 0.338 e. The zero-order valence-electron chi connectivity index (χ0n) is 36.6. The molecule has 0 amide bonds. The Hall–Kier alpha value is -4.05.